The van der Waals surface area contributed by atoms with Gasteiger partial charge in [-0.25, -0.2) is 4.98 Å². The molecule has 0 radical (unpaired) electrons. The fraction of sp³-hybridized carbons (Fsp3) is 0.500. The first kappa shape index (κ1) is 15.9. The van der Waals surface area contributed by atoms with E-state index in [1.54, 1.807) is 19.2 Å². The van der Waals surface area contributed by atoms with Crippen molar-refractivity contribution in [2.24, 2.45) is 0 Å². The number of anilines is 1. The van der Waals surface area contributed by atoms with Gasteiger partial charge in [-0.05, 0) is 25.5 Å². The molecule has 6 heteroatoms. The first-order chi connectivity index (χ1) is 9.56. The molecule has 0 saturated heterocycles. The summed E-state index contributed by atoms with van der Waals surface area (Å²) in [5.74, 6) is 0.425. The number of nitrogens with zero attached hydrogens (tertiary/aromatic N) is 1. The largest absolute Gasteiger partial charge is 0.373 e. The van der Waals surface area contributed by atoms with Crippen molar-refractivity contribution >= 4 is 17.6 Å². The molecule has 1 rings (SSSR count). The van der Waals surface area contributed by atoms with Crippen LogP contribution in [-0.4, -0.2) is 36.4 Å². The second-order valence-corrected chi connectivity index (χ2v) is 4.56. The number of pyridine rings is 1. The van der Waals surface area contributed by atoms with E-state index in [0.29, 0.717) is 17.9 Å². The number of amides is 2. The van der Waals surface area contributed by atoms with Crippen LogP contribution in [0.3, 0.4) is 0 Å². The van der Waals surface area contributed by atoms with Gasteiger partial charge in [0.25, 0.3) is 5.91 Å². The molecule has 2 amide bonds. The van der Waals surface area contributed by atoms with Crippen molar-refractivity contribution in [2.75, 3.05) is 18.9 Å². The van der Waals surface area contributed by atoms with Crippen LogP contribution in [0.25, 0.3) is 0 Å². The Hall–Kier alpha value is -2.11. The van der Waals surface area contributed by atoms with Crippen molar-refractivity contribution in [1.82, 2.24) is 15.6 Å². The molecule has 1 aromatic rings. The van der Waals surface area contributed by atoms with Gasteiger partial charge in [0.2, 0.25) is 5.91 Å². The highest BCUT2D eigenvalue weighted by atomic mass is 16.2. The fourth-order valence-corrected chi connectivity index (χ4v) is 1.52. The number of rotatable bonds is 7. The van der Waals surface area contributed by atoms with E-state index in [1.165, 1.54) is 6.20 Å². The van der Waals surface area contributed by atoms with Gasteiger partial charge >= 0.3 is 0 Å². The summed E-state index contributed by atoms with van der Waals surface area (Å²) in [4.78, 5) is 27.4. The van der Waals surface area contributed by atoms with Gasteiger partial charge in [0.05, 0.1) is 5.56 Å². The minimum absolute atomic E-state index is 0.0525. The van der Waals surface area contributed by atoms with Crippen LogP contribution in [-0.2, 0) is 4.79 Å². The summed E-state index contributed by atoms with van der Waals surface area (Å²) < 4.78 is 0. The second-order valence-electron chi connectivity index (χ2n) is 4.56. The Morgan fingerprint density at radius 3 is 2.65 bits per heavy atom. The number of carbonyl (C=O) groups excluding carboxylic acids is 2. The van der Waals surface area contributed by atoms with E-state index in [1.807, 2.05) is 13.8 Å². The predicted octanol–water partition coefficient (Wildman–Crippen LogP) is 1.16. The summed E-state index contributed by atoms with van der Waals surface area (Å²) in [6.45, 7) is 4.27. The van der Waals surface area contributed by atoms with Gasteiger partial charge in [0.1, 0.15) is 5.82 Å². The lowest BCUT2D eigenvalue weighted by atomic mass is 10.2. The van der Waals surface area contributed by atoms with Gasteiger partial charge in [0.15, 0.2) is 0 Å². The van der Waals surface area contributed by atoms with E-state index in [0.717, 1.165) is 6.42 Å². The highest BCUT2D eigenvalue weighted by molar-refractivity contribution is 5.94. The van der Waals surface area contributed by atoms with Crippen LogP contribution in [0.1, 0.15) is 37.0 Å². The molecule has 0 bridgehead atoms. The molecule has 0 aromatic carbocycles. The third kappa shape index (κ3) is 5.26. The van der Waals surface area contributed by atoms with Crippen LogP contribution in [0.15, 0.2) is 18.3 Å². The van der Waals surface area contributed by atoms with E-state index in [4.69, 9.17) is 0 Å². The first-order valence-electron chi connectivity index (χ1n) is 6.78. The Morgan fingerprint density at radius 1 is 1.35 bits per heavy atom. The predicted molar refractivity (Wildman–Crippen MR) is 78.6 cm³/mol. The summed E-state index contributed by atoms with van der Waals surface area (Å²) in [6.07, 6.45) is 2.67. The van der Waals surface area contributed by atoms with E-state index in [2.05, 4.69) is 20.9 Å². The third-order valence-corrected chi connectivity index (χ3v) is 2.94. The van der Waals surface area contributed by atoms with Crippen LogP contribution in [0, 0.1) is 0 Å². The van der Waals surface area contributed by atoms with Crippen molar-refractivity contribution in [1.29, 1.82) is 0 Å². The lowest BCUT2D eigenvalue weighted by Crippen LogP contribution is -2.35. The molecule has 110 valence electrons. The fourth-order valence-electron chi connectivity index (χ4n) is 1.52. The van der Waals surface area contributed by atoms with Gasteiger partial charge in [-0.3, -0.25) is 9.59 Å². The van der Waals surface area contributed by atoms with E-state index in [-0.39, 0.29) is 24.3 Å². The van der Waals surface area contributed by atoms with Crippen molar-refractivity contribution in [3.05, 3.63) is 23.9 Å². The number of aromatic nitrogens is 1. The van der Waals surface area contributed by atoms with Crippen molar-refractivity contribution in [3.8, 4) is 0 Å². The molecule has 0 aliphatic rings. The quantitative estimate of drug-likeness (QED) is 0.699. The summed E-state index contributed by atoms with van der Waals surface area (Å²) in [5, 5.41) is 8.42. The number of carbonyl (C=O) groups is 2. The Bertz CT molecular complexity index is 445. The van der Waals surface area contributed by atoms with Crippen LogP contribution in [0.4, 0.5) is 5.82 Å². The minimum Gasteiger partial charge on any atom is -0.373 e. The molecule has 3 N–H and O–H groups in total. The average Bonchev–Trinajstić information content (AvgIpc) is 2.47. The molecule has 1 aromatic heterocycles. The Morgan fingerprint density at radius 2 is 2.10 bits per heavy atom. The number of hydrogen-bond donors (Lipinski definition) is 3. The van der Waals surface area contributed by atoms with E-state index < -0.39 is 0 Å². The summed E-state index contributed by atoms with van der Waals surface area (Å²) in [7, 11) is 1.76. The molecule has 0 aliphatic heterocycles. The monoisotopic (exact) mass is 278 g/mol. The van der Waals surface area contributed by atoms with Gasteiger partial charge < -0.3 is 16.0 Å². The summed E-state index contributed by atoms with van der Waals surface area (Å²) >= 11 is 0. The highest BCUT2D eigenvalue weighted by Crippen LogP contribution is 2.03. The van der Waals surface area contributed by atoms with E-state index >= 15 is 0 Å². The van der Waals surface area contributed by atoms with Crippen molar-refractivity contribution in [3.63, 3.8) is 0 Å². The Kier molecular flexibility index (Phi) is 6.49. The number of hydrogen-bond acceptors (Lipinski definition) is 4. The Labute approximate surface area is 119 Å². The first-order valence-corrected chi connectivity index (χ1v) is 6.78. The van der Waals surface area contributed by atoms with Gasteiger partial charge in [-0.1, -0.05) is 6.92 Å². The second kappa shape index (κ2) is 8.14. The smallest absolute Gasteiger partial charge is 0.252 e. The SMILES string of the molecule is CCC(C)NC(=O)CCNC(=O)c1ccc(NC)nc1. The molecule has 0 fully saturated rings. The maximum absolute atomic E-state index is 11.8. The molecule has 1 atom stereocenters. The van der Waals surface area contributed by atoms with Crippen LogP contribution in [0.5, 0.6) is 0 Å². The molecular weight excluding hydrogens is 256 g/mol. The molecule has 1 heterocycles. The molecule has 0 spiro atoms. The number of nitrogens with one attached hydrogen (secondary N) is 3. The molecule has 1 unspecified atom stereocenters. The van der Waals surface area contributed by atoms with Crippen molar-refractivity contribution in [2.45, 2.75) is 32.7 Å². The molecule has 6 nitrogen and oxygen atoms in total. The van der Waals surface area contributed by atoms with Crippen LogP contribution in [0.2, 0.25) is 0 Å². The van der Waals surface area contributed by atoms with Crippen molar-refractivity contribution < 1.29 is 9.59 Å². The van der Waals surface area contributed by atoms with Gasteiger partial charge in [-0.15, -0.1) is 0 Å². The lowest BCUT2D eigenvalue weighted by molar-refractivity contribution is -0.121. The van der Waals surface area contributed by atoms with Gasteiger partial charge in [-0.2, -0.15) is 0 Å². The Balaban J connectivity index is 2.34. The summed E-state index contributed by atoms with van der Waals surface area (Å²) in [5.41, 5.74) is 0.478. The molecule has 0 aliphatic carbocycles. The molecule has 20 heavy (non-hydrogen) atoms. The highest BCUT2D eigenvalue weighted by Gasteiger charge is 2.08. The summed E-state index contributed by atoms with van der Waals surface area (Å²) in [6, 6.07) is 3.58. The minimum atomic E-state index is -0.225. The van der Waals surface area contributed by atoms with Crippen LogP contribution >= 0.6 is 0 Å². The van der Waals surface area contributed by atoms with E-state index in [9.17, 15) is 9.59 Å². The topological polar surface area (TPSA) is 83.1 Å². The average molecular weight is 278 g/mol. The standard InChI is InChI=1S/C14H22N4O2/c1-4-10(2)18-13(19)7-8-16-14(20)11-5-6-12(15-3)17-9-11/h5-6,9-10H,4,7-8H2,1-3H3,(H,15,17)(H,16,20)(H,18,19). The van der Waals surface area contributed by atoms with Gasteiger partial charge in [0, 0.05) is 32.3 Å². The zero-order valence-corrected chi connectivity index (χ0v) is 12.2. The lowest BCUT2D eigenvalue weighted by Gasteiger charge is -2.11. The molecule has 0 saturated carbocycles. The van der Waals surface area contributed by atoms with Crippen LogP contribution < -0.4 is 16.0 Å². The zero-order chi connectivity index (χ0) is 15.0. The third-order valence-electron chi connectivity index (χ3n) is 2.94. The maximum atomic E-state index is 11.8. The maximum Gasteiger partial charge on any atom is 0.252 e. The molecular formula is C14H22N4O2. The normalized spacial score (nSPS) is 11.6. The zero-order valence-electron chi connectivity index (χ0n) is 12.2.